The zero-order chi connectivity index (χ0) is 15.6. The minimum absolute atomic E-state index is 0.0260. The number of hydrogen-bond donors (Lipinski definition) is 2. The van der Waals surface area contributed by atoms with Crippen molar-refractivity contribution in [1.82, 2.24) is 5.32 Å². The molecular weight excluding hydrogens is 313 g/mol. The van der Waals surface area contributed by atoms with Gasteiger partial charge in [-0.3, -0.25) is 4.79 Å². The first-order valence-electron chi connectivity index (χ1n) is 6.81. The molecule has 1 fully saturated rings. The monoisotopic (exact) mass is 329 g/mol. The number of rotatable bonds is 6. The van der Waals surface area contributed by atoms with Crippen LogP contribution >= 0.6 is 23.2 Å². The first kappa shape index (κ1) is 16.1. The van der Waals surface area contributed by atoms with Crippen LogP contribution in [-0.2, 0) is 16.0 Å². The average Bonchev–Trinajstić information content (AvgIpc) is 3.21. The van der Waals surface area contributed by atoms with Crippen molar-refractivity contribution in [3.05, 3.63) is 33.8 Å². The largest absolute Gasteiger partial charge is 0.480 e. The highest BCUT2D eigenvalue weighted by molar-refractivity contribution is 6.35. The van der Waals surface area contributed by atoms with E-state index in [4.69, 9.17) is 23.2 Å². The minimum atomic E-state index is -1.17. The van der Waals surface area contributed by atoms with E-state index in [0.29, 0.717) is 16.5 Å². The second-order valence-corrected chi connectivity index (χ2v) is 6.41. The molecule has 114 valence electrons. The van der Waals surface area contributed by atoms with Crippen LogP contribution in [-0.4, -0.2) is 22.5 Å². The van der Waals surface area contributed by atoms with Crippen molar-refractivity contribution in [2.24, 2.45) is 5.92 Å². The molecule has 1 saturated carbocycles. The van der Waals surface area contributed by atoms with E-state index >= 15 is 0 Å². The zero-order valence-corrected chi connectivity index (χ0v) is 13.2. The van der Waals surface area contributed by atoms with E-state index in [1.165, 1.54) is 0 Å². The van der Waals surface area contributed by atoms with Crippen molar-refractivity contribution in [2.75, 3.05) is 0 Å². The van der Waals surface area contributed by atoms with E-state index in [2.05, 4.69) is 5.32 Å². The Bertz CT molecular complexity index is 572. The van der Waals surface area contributed by atoms with Gasteiger partial charge in [-0.05, 0) is 49.8 Å². The molecule has 0 spiro atoms. The summed E-state index contributed by atoms with van der Waals surface area (Å²) in [5.41, 5.74) is -0.347. The van der Waals surface area contributed by atoms with Crippen molar-refractivity contribution in [1.29, 1.82) is 0 Å². The summed E-state index contributed by atoms with van der Waals surface area (Å²) in [6.07, 6.45) is 2.32. The molecule has 1 aromatic rings. The Morgan fingerprint density at radius 2 is 2.05 bits per heavy atom. The molecule has 6 heteroatoms. The van der Waals surface area contributed by atoms with Crippen molar-refractivity contribution in [3.63, 3.8) is 0 Å². The quantitative estimate of drug-likeness (QED) is 0.841. The predicted octanol–water partition coefficient (Wildman–Crippen LogP) is 3.30. The second-order valence-electron chi connectivity index (χ2n) is 5.57. The molecule has 1 aromatic carbocycles. The molecule has 4 nitrogen and oxygen atoms in total. The number of halogens is 2. The van der Waals surface area contributed by atoms with Crippen LogP contribution in [0.25, 0.3) is 0 Å². The summed E-state index contributed by atoms with van der Waals surface area (Å²) in [5, 5.41) is 13.0. The Morgan fingerprint density at radius 3 is 2.57 bits per heavy atom. The van der Waals surface area contributed by atoms with Crippen LogP contribution in [0.2, 0.25) is 10.0 Å². The van der Waals surface area contributed by atoms with Crippen LogP contribution in [0.15, 0.2) is 18.2 Å². The maximum atomic E-state index is 12.0. The molecular formula is C15H17Cl2NO3. The smallest absolute Gasteiger partial charge is 0.329 e. The first-order valence-corrected chi connectivity index (χ1v) is 7.57. The molecule has 0 aromatic heterocycles. The van der Waals surface area contributed by atoms with E-state index < -0.39 is 11.5 Å². The maximum absolute atomic E-state index is 12.0. The van der Waals surface area contributed by atoms with Gasteiger partial charge in [0.1, 0.15) is 5.54 Å². The number of benzene rings is 1. The summed E-state index contributed by atoms with van der Waals surface area (Å²) in [4.78, 5) is 23.4. The van der Waals surface area contributed by atoms with Crippen LogP contribution in [0.1, 0.15) is 31.7 Å². The van der Waals surface area contributed by atoms with Crippen LogP contribution in [0.3, 0.4) is 0 Å². The molecule has 1 unspecified atom stereocenters. The number of hydrogen-bond acceptors (Lipinski definition) is 2. The van der Waals surface area contributed by atoms with E-state index in [0.717, 1.165) is 18.4 Å². The third kappa shape index (κ3) is 3.89. The summed E-state index contributed by atoms with van der Waals surface area (Å²) >= 11 is 11.9. The third-order valence-electron chi connectivity index (χ3n) is 3.87. The normalized spacial score (nSPS) is 17.1. The van der Waals surface area contributed by atoms with Gasteiger partial charge in [0.05, 0.1) is 0 Å². The zero-order valence-electron chi connectivity index (χ0n) is 11.7. The van der Waals surface area contributed by atoms with E-state index in [1.54, 1.807) is 25.1 Å². The summed E-state index contributed by atoms with van der Waals surface area (Å²) in [6, 6.07) is 5.11. The average molecular weight is 330 g/mol. The lowest BCUT2D eigenvalue weighted by atomic mass is 9.95. The van der Waals surface area contributed by atoms with Crippen LogP contribution in [0.5, 0.6) is 0 Å². The van der Waals surface area contributed by atoms with Crippen molar-refractivity contribution in [3.8, 4) is 0 Å². The molecule has 1 aliphatic carbocycles. The molecule has 0 radical (unpaired) electrons. The van der Waals surface area contributed by atoms with Gasteiger partial charge < -0.3 is 10.4 Å². The number of carboxylic acid groups (broad SMARTS) is 1. The maximum Gasteiger partial charge on any atom is 0.329 e. The molecule has 0 bridgehead atoms. The topological polar surface area (TPSA) is 66.4 Å². The van der Waals surface area contributed by atoms with E-state index in [9.17, 15) is 14.7 Å². The predicted molar refractivity (Wildman–Crippen MR) is 81.7 cm³/mol. The lowest BCUT2D eigenvalue weighted by molar-refractivity contribution is -0.147. The van der Waals surface area contributed by atoms with Gasteiger partial charge in [0.15, 0.2) is 0 Å². The first-order chi connectivity index (χ1) is 9.83. The molecule has 0 saturated heterocycles. The van der Waals surface area contributed by atoms with E-state index in [1.807, 2.05) is 0 Å². The van der Waals surface area contributed by atoms with Crippen LogP contribution in [0.4, 0.5) is 0 Å². The lowest BCUT2D eigenvalue weighted by Crippen LogP contribution is -2.54. The fourth-order valence-corrected chi connectivity index (χ4v) is 2.82. The standard InChI is InChI=1S/C15H17Cl2NO3/c1-15(14(20)21,10-4-5-10)18-13(19)7-3-9-2-6-11(16)8-12(9)17/h2,6,8,10H,3-5,7H2,1H3,(H,18,19)(H,20,21). The van der Waals surface area contributed by atoms with Gasteiger partial charge >= 0.3 is 5.97 Å². The van der Waals surface area contributed by atoms with Gasteiger partial charge in [-0.25, -0.2) is 4.79 Å². The highest BCUT2D eigenvalue weighted by Gasteiger charge is 2.48. The van der Waals surface area contributed by atoms with Gasteiger partial charge in [0.2, 0.25) is 5.91 Å². The minimum Gasteiger partial charge on any atom is -0.480 e. The Balaban J connectivity index is 1.94. The van der Waals surface area contributed by atoms with Crippen LogP contribution < -0.4 is 5.32 Å². The van der Waals surface area contributed by atoms with Crippen molar-refractivity contribution < 1.29 is 14.7 Å². The summed E-state index contributed by atoms with van der Waals surface area (Å²) in [6.45, 7) is 1.57. The highest BCUT2D eigenvalue weighted by atomic mass is 35.5. The molecule has 1 amide bonds. The Morgan fingerprint density at radius 1 is 1.38 bits per heavy atom. The molecule has 1 aliphatic rings. The van der Waals surface area contributed by atoms with Gasteiger partial charge in [-0.15, -0.1) is 0 Å². The van der Waals surface area contributed by atoms with Gasteiger partial charge in [0, 0.05) is 16.5 Å². The highest BCUT2D eigenvalue weighted by Crippen LogP contribution is 2.39. The molecule has 0 aliphatic heterocycles. The fourth-order valence-electron chi connectivity index (χ4n) is 2.32. The Hall–Kier alpha value is -1.26. The number of amides is 1. The number of aryl methyl sites for hydroxylation is 1. The van der Waals surface area contributed by atoms with Gasteiger partial charge in [-0.1, -0.05) is 29.3 Å². The van der Waals surface area contributed by atoms with Crippen molar-refractivity contribution in [2.45, 2.75) is 38.1 Å². The van der Waals surface area contributed by atoms with Gasteiger partial charge in [0.25, 0.3) is 0 Å². The third-order valence-corrected chi connectivity index (χ3v) is 4.46. The molecule has 1 atom stereocenters. The summed E-state index contributed by atoms with van der Waals surface area (Å²) in [7, 11) is 0. The molecule has 0 heterocycles. The molecule has 2 N–H and O–H groups in total. The number of carbonyl (C=O) groups excluding carboxylic acids is 1. The van der Waals surface area contributed by atoms with E-state index in [-0.39, 0.29) is 18.2 Å². The summed E-state index contributed by atoms with van der Waals surface area (Å²) < 4.78 is 0. The molecule has 2 rings (SSSR count). The molecule has 21 heavy (non-hydrogen) atoms. The fraction of sp³-hybridized carbons (Fsp3) is 0.467. The SMILES string of the molecule is CC(NC(=O)CCc1ccc(Cl)cc1Cl)(C(=O)O)C1CC1. The van der Waals surface area contributed by atoms with Gasteiger partial charge in [-0.2, -0.15) is 0 Å². The lowest BCUT2D eigenvalue weighted by Gasteiger charge is -2.26. The number of carboxylic acids is 1. The number of aliphatic carboxylic acids is 1. The van der Waals surface area contributed by atoms with Crippen molar-refractivity contribution >= 4 is 35.1 Å². The Kier molecular flexibility index (Phi) is 4.79. The van der Waals surface area contributed by atoms with Crippen LogP contribution in [0, 0.1) is 5.92 Å². The second kappa shape index (κ2) is 6.24. The number of nitrogens with one attached hydrogen (secondary N) is 1. The Labute approximate surface area is 133 Å². The summed E-state index contributed by atoms with van der Waals surface area (Å²) in [5.74, 6) is -1.24. The number of carbonyl (C=O) groups is 2.